The van der Waals surface area contributed by atoms with Gasteiger partial charge in [0.05, 0.1) is 12.8 Å². The molecule has 1 aromatic rings. The van der Waals surface area contributed by atoms with Crippen LogP contribution in [0.2, 0.25) is 0 Å². The van der Waals surface area contributed by atoms with Crippen LogP contribution in [0.15, 0.2) is 18.2 Å². The average Bonchev–Trinajstić information content (AvgIpc) is 2.60. The minimum Gasteiger partial charge on any atom is -0.495 e. The molecule has 1 aliphatic heterocycles. The molecule has 0 amide bonds. The lowest BCUT2D eigenvalue weighted by Gasteiger charge is -2.11. The molecule has 1 aromatic carbocycles. The summed E-state index contributed by atoms with van der Waals surface area (Å²) in [5.74, 6) is 0.755. The van der Waals surface area contributed by atoms with Gasteiger partial charge in [-0.25, -0.2) is 4.39 Å². The van der Waals surface area contributed by atoms with E-state index in [1.54, 1.807) is 14.0 Å². The van der Waals surface area contributed by atoms with Gasteiger partial charge in [0.1, 0.15) is 11.9 Å². The number of halogens is 1. The molecule has 2 rings (SSSR count). The molecular formula is C11H14FNO. The fourth-order valence-electron chi connectivity index (χ4n) is 1.95. The number of nitrogens with one attached hydrogen (secondary N) is 1. The number of ether oxygens (including phenoxy) is 1. The summed E-state index contributed by atoms with van der Waals surface area (Å²) >= 11 is 0. The van der Waals surface area contributed by atoms with Gasteiger partial charge in [-0.1, -0.05) is 12.1 Å². The highest BCUT2D eigenvalue weighted by Gasteiger charge is 2.28. The first-order valence-corrected chi connectivity index (χ1v) is 4.79. The molecule has 0 aromatic heterocycles. The van der Waals surface area contributed by atoms with Crippen molar-refractivity contribution in [2.45, 2.75) is 19.0 Å². The van der Waals surface area contributed by atoms with Crippen LogP contribution in [0.25, 0.3) is 0 Å². The van der Waals surface area contributed by atoms with Crippen molar-refractivity contribution >= 4 is 5.69 Å². The Bertz CT molecular complexity index is 338. The van der Waals surface area contributed by atoms with Crippen LogP contribution in [-0.2, 0) is 0 Å². The fourth-order valence-corrected chi connectivity index (χ4v) is 1.95. The summed E-state index contributed by atoms with van der Waals surface area (Å²) in [6.45, 7) is 2.26. The summed E-state index contributed by atoms with van der Waals surface area (Å²) < 4.78 is 18.4. The van der Waals surface area contributed by atoms with E-state index in [1.807, 2.05) is 18.2 Å². The van der Waals surface area contributed by atoms with Gasteiger partial charge >= 0.3 is 0 Å². The maximum Gasteiger partial charge on any atom is 0.142 e. The van der Waals surface area contributed by atoms with Crippen LogP contribution in [0.4, 0.5) is 10.1 Å². The zero-order valence-electron chi connectivity index (χ0n) is 8.38. The number of hydrogen-bond donors (Lipinski definition) is 1. The van der Waals surface area contributed by atoms with Crippen LogP contribution >= 0.6 is 0 Å². The molecule has 0 bridgehead atoms. The lowest BCUT2D eigenvalue weighted by molar-refractivity contribution is 0.317. The van der Waals surface area contributed by atoms with Crippen molar-refractivity contribution in [2.75, 3.05) is 19.0 Å². The summed E-state index contributed by atoms with van der Waals surface area (Å²) in [4.78, 5) is 0. The lowest BCUT2D eigenvalue weighted by Crippen LogP contribution is -2.11. The summed E-state index contributed by atoms with van der Waals surface area (Å²) in [5.41, 5.74) is 1.98. The van der Waals surface area contributed by atoms with Crippen LogP contribution in [0, 0.1) is 0 Å². The lowest BCUT2D eigenvalue weighted by atomic mass is 9.97. The van der Waals surface area contributed by atoms with Crippen LogP contribution < -0.4 is 10.1 Å². The first-order chi connectivity index (χ1) is 6.74. The molecule has 0 radical (unpaired) electrons. The second kappa shape index (κ2) is 3.48. The van der Waals surface area contributed by atoms with Crippen molar-refractivity contribution in [2.24, 2.45) is 0 Å². The van der Waals surface area contributed by atoms with Gasteiger partial charge in [-0.05, 0) is 18.6 Å². The van der Waals surface area contributed by atoms with Gasteiger partial charge in [-0.15, -0.1) is 0 Å². The number of alkyl halides is 1. The molecule has 1 N–H and O–H groups in total. The van der Waals surface area contributed by atoms with Gasteiger partial charge in [-0.2, -0.15) is 0 Å². The van der Waals surface area contributed by atoms with E-state index < -0.39 is 6.17 Å². The molecular weight excluding hydrogens is 181 g/mol. The van der Waals surface area contributed by atoms with E-state index in [1.165, 1.54) is 0 Å². The third kappa shape index (κ3) is 1.33. The van der Waals surface area contributed by atoms with Crippen molar-refractivity contribution in [1.29, 1.82) is 0 Å². The van der Waals surface area contributed by atoms with E-state index in [9.17, 15) is 4.39 Å². The Morgan fingerprint density at radius 2 is 2.36 bits per heavy atom. The molecule has 2 nitrogen and oxygen atoms in total. The second-order valence-electron chi connectivity index (χ2n) is 3.59. The highest BCUT2D eigenvalue weighted by atomic mass is 19.1. The van der Waals surface area contributed by atoms with E-state index in [-0.39, 0.29) is 5.92 Å². The third-order valence-corrected chi connectivity index (χ3v) is 2.73. The van der Waals surface area contributed by atoms with E-state index in [2.05, 4.69) is 5.32 Å². The molecule has 3 heteroatoms. The Morgan fingerprint density at radius 3 is 3.00 bits per heavy atom. The average molecular weight is 195 g/mol. The van der Waals surface area contributed by atoms with Gasteiger partial charge in [0.25, 0.3) is 0 Å². The predicted molar refractivity (Wildman–Crippen MR) is 54.8 cm³/mol. The van der Waals surface area contributed by atoms with Crippen LogP contribution in [0.3, 0.4) is 0 Å². The number of anilines is 1. The Kier molecular flexibility index (Phi) is 2.32. The highest BCUT2D eigenvalue weighted by molar-refractivity contribution is 5.67. The first kappa shape index (κ1) is 9.31. The van der Waals surface area contributed by atoms with Gasteiger partial charge in [0.2, 0.25) is 0 Å². The highest BCUT2D eigenvalue weighted by Crippen LogP contribution is 2.40. The normalized spacial score (nSPS) is 21.2. The van der Waals surface area contributed by atoms with E-state index in [0.717, 1.165) is 17.0 Å². The smallest absolute Gasteiger partial charge is 0.142 e. The molecule has 0 saturated heterocycles. The summed E-state index contributed by atoms with van der Waals surface area (Å²) in [6.07, 6.45) is -0.823. The number of para-hydroxylation sites is 1. The van der Waals surface area contributed by atoms with Crippen LogP contribution in [0.1, 0.15) is 18.4 Å². The van der Waals surface area contributed by atoms with Gasteiger partial charge in [0, 0.05) is 12.5 Å². The SMILES string of the molecule is COc1cccc2c1NCC2C(C)F. The van der Waals surface area contributed by atoms with E-state index >= 15 is 0 Å². The summed E-state index contributed by atoms with van der Waals surface area (Å²) in [5, 5.41) is 3.19. The Labute approximate surface area is 83.1 Å². The minimum absolute atomic E-state index is 0.0416. The van der Waals surface area contributed by atoms with Crippen molar-refractivity contribution < 1.29 is 9.13 Å². The van der Waals surface area contributed by atoms with Crippen molar-refractivity contribution in [1.82, 2.24) is 0 Å². The van der Waals surface area contributed by atoms with E-state index in [0.29, 0.717) is 6.54 Å². The Morgan fingerprint density at radius 1 is 1.57 bits per heavy atom. The number of hydrogen-bond acceptors (Lipinski definition) is 2. The van der Waals surface area contributed by atoms with Crippen LogP contribution in [0.5, 0.6) is 5.75 Å². The molecule has 2 unspecified atom stereocenters. The first-order valence-electron chi connectivity index (χ1n) is 4.79. The van der Waals surface area contributed by atoms with E-state index in [4.69, 9.17) is 4.74 Å². The zero-order chi connectivity index (χ0) is 10.1. The predicted octanol–water partition coefficient (Wildman–Crippen LogP) is 2.56. The zero-order valence-corrected chi connectivity index (χ0v) is 8.38. The van der Waals surface area contributed by atoms with Crippen molar-refractivity contribution in [3.8, 4) is 5.75 Å². The molecule has 14 heavy (non-hydrogen) atoms. The molecule has 0 saturated carbocycles. The largest absolute Gasteiger partial charge is 0.495 e. The molecule has 0 aliphatic carbocycles. The van der Waals surface area contributed by atoms with Gasteiger partial charge in [0.15, 0.2) is 0 Å². The second-order valence-corrected chi connectivity index (χ2v) is 3.59. The number of methoxy groups -OCH3 is 1. The van der Waals surface area contributed by atoms with Gasteiger partial charge in [-0.3, -0.25) is 0 Å². The molecule has 0 fully saturated rings. The maximum absolute atomic E-state index is 13.2. The topological polar surface area (TPSA) is 21.3 Å². The third-order valence-electron chi connectivity index (χ3n) is 2.73. The molecule has 0 spiro atoms. The molecule has 1 heterocycles. The number of benzene rings is 1. The van der Waals surface area contributed by atoms with Gasteiger partial charge < -0.3 is 10.1 Å². The molecule has 2 atom stereocenters. The molecule has 76 valence electrons. The Balaban J connectivity index is 2.41. The summed E-state index contributed by atoms with van der Waals surface area (Å²) in [7, 11) is 1.63. The number of rotatable bonds is 2. The minimum atomic E-state index is -0.823. The fraction of sp³-hybridized carbons (Fsp3) is 0.455. The standard InChI is InChI=1S/C11H14FNO/c1-7(12)9-6-13-11-8(9)4-3-5-10(11)14-2/h3-5,7,9,13H,6H2,1-2H3. The quantitative estimate of drug-likeness (QED) is 0.783. The monoisotopic (exact) mass is 195 g/mol. The maximum atomic E-state index is 13.2. The Hall–Kier alpha value is -1.25. The molecule has 1 aliphatic rings. The number of fused-ring (bicyclic) bond motifs is 1. The summed E-state index contributed by atoms with van der Waals surface area (Å²) in [6, 6.07) is 5.75. The van der Waals surface area contributed by atoms with Crippen molar-refractivity contribution in [3.63, 3.8) is 0 Å². The van der Waals surface area contributed by atoms with Crippen LogP contribution in [-0.4, -0.2) is 19.8 Å². The van der Waals surface area contributed by atoms with Crippen molar-refractivity contribution in [3.05, 3.63) is 23.8 Å².